The van der Waals surface area contributed by atoms with Gasteiger partial charge in [0.05, 0.1) is 5.56 Å². The molecule has 114 valence electrons. The molecular weight excluding hydrogens is 278 g/mol. The molecule has 0 saturated carbocycles. The Hall–Kier alpha value is -2.69. The highest BCUT2D eigenvalue weighted by atomic mass is 16.2. The second-order valence-electron chi connectivity index (χ2n) is 5.19. The number of rotatable bonds is 5. The van der Waals surface area contributed by atoms with Crippen LogP contribution < -0.4 is 5.32 Å². The van der Waals surface area contributed by atoms with E-state index in [9.17, 15) is 9.59 Å². The lowest BCUT2D eigenvalue weighted by atomic mass is 10.0. The third-order valence-electron chi connectivity index (χ3n) is 3.25. The monoisotopic (exact) mass is 297 g/mol. The molecule has 0 aliphatic rings. The van der Waals surface area contributed by atoms with Crippen LogP contribution in [0.15, 0.2) is 54.9 Å². The number of nitrogens with one attached hydrogen (secondary N) is 1. The maximum Gasteiger partial charge on any atom is 0.253 e. The van der Waals surface area contributed by atoms with Crippen molar-refractivity contribution in [3.05, 3.63) is 66.0 Å². The van der Waals surface area contributed by atoms with Crippen LogP contribution in [-0.2, 0) is 11.2 Å². The minimum atomic E-state index is -0.606. The van der Waals surface area contributed by atoms with Crippen molar-refractivity contribution in [3.63, 3.8) is 0 Å². The summed E-state index contributed by atoms with van der Waals surface area (Å²) < 4.78 is 0. The summed E-state index contributed by atoms with van der Waals surface area (Å²) in [5.74, 6) is -0.440. The molecule has 0 fully saturated rings. The van der Waals surface area contributed by atoms with Gasteiger partial charge in [-0.2, -0.15) is 0 Å². The van der Waals surface area contributed by atoms with Crippen LogP contribution >= 0.6 is 0 Å². The topological polar surface area (TPSA) is 62.3 Å². The number of amides is 2. The molecule has 0 aliphatic heterocycles. The van der Waals surface area contributed by atoms with Gasteiger partial charge in [-0.25, -0.2) is 0 Å². The fourth-order valence-corrected chi connectivity index (χ4v) is 2.10. The number of likely N-dealkylation sites (N-methyl/N-ethyl adjacent to an activating group) is 1. The number of pyridine rings is 1. The normalized spacial score (nSPS) is 11.5. The molecule has 0 unspecified atom stereocenters. The summed E-state index contributed by atoms with van der Waals surface area (Å²) in [6.45, 7) is 0. The van der Waals surface area contributed by atoms with Gasteiger partial charge in [0, 0.05) is 32.9 Å². The van der Waals surface area contributed by atoms with E-state index in [0.717, 1.165) is 5.56 Å². The Morgan fingerprint density at radius 1 is 1.14 bits per heavy atom. The van der Waals surface area contributed by atoms with Crippen molar-refractivity contribution in [1.29, 1.82) is 0 Å². The predicted octanol–water partition coefficient (Wildman–Crippen LogP) is 1.51. The van der Waals surface area contributed by atoms with Gasteiger partial charge in [-0.05, 0) is 17.7 Å². The Morgan fingerprint density at radius 3 is 2.45 bits per heavy atom. The molecule has 22 heavy (non-hydrogen) atoms. The summed E-state index contributed by atoms with van der Waals surface area (Å²) >= 11 is 0. The van der Waals surface area contributed by atoms with Crippen LogP contribution in [0.25, 0.3) is 0 Å². The molecule has 1 aromatic heterocycles. The van der Waals surface area contributed by atoms with Crippen molar-refractivity contribution in [1.82, 2.24) is 15.2 Å². The molecule has 0 radical (unpaired) electrons. The Morgan fingerprint density at radius 2 is 1.86 bits per heavy atom. The lowest BCUT2D eigenvalue weighted by molar-refractivity contribution is -0.130. The minimum Gasteiger partial charge on any atom is -0.347 e. The molecule has 2 amide bonds. The van der Waals surface area contributed by atoms with Crippen molar-refractivity contribution in [2.75, 3.05) is 14.1 Å². The average molecular weight is 297 g/mol. The molecular formula is C17H19N3O2. The summed E-state index contributed by atoms with van der Waals surface area (Å²) in [5.41, 5.74) is 1.43. The van der Waals surface area contributed by atoms with Crippen LogP contribution in [0.2, 0.25) is 0 Å². The number of hydrogen-bond donors (Lipinski definition) is 1. The minimum absolute atomic E-state index is 0.138. The lowest BCUT2D eigenvalue weighted by Gasteiger charge is -2.22. The van der Waals surface area contributed by atoms with E-state index < -0.39 is 6.04 Å². The molecule has 0 saturated heterocycles. The van der Waals surface area contributed by atoms with Crippen LogP contribution in [0.3, 0.4) is 0 Å². The Labute approximate surface area is 130 Å². The molecule has 1 atom stereocenters. The number of aromatic nitrogens is 1. The zero-order valence-corrected chi connectivity index (χ0v) is 12.7. The van der Waals surface area contributed by atoms with E-state index in [4.69, 9.17) is 0 Å². The van der Waals surface area contributed by atoms with Crippen molar-refractivity contribution < 1.29 is 9.59 Å². The van der Waals surface area contributed by atoms with E-state index in [1.54, 1.807) is 32.4 Å². The summed E-state index contributed by atoms with van der Waals surface area (Å²) in [7, 11) is 3.35. The fraction of sp³-hybridized carbons (Fsp3) is 0.235. The molecule has 2 aromatic rings. The van der Waals surface area contributed by atoms with E-state index in [1.165, 1.54) is 11.1 Å². The van der Waals surface area contributed by atoms with E-state index >= 15 is 0 Å². The van der Waals surface area contributed by atoms with Crippen molar-refractivity contribution in [2.24, 2.45) is 0 Å². The van der Waals surface area contributed by atoms with E-state index in [2.05, 4.69) is 10.3 Å². The average Bonchev–Trinajstić information content (AvgIpc) is 2.55. The van der Waals surface area contributed by atoms with Gasteiger partial charge in [-0.3, -0.25) is 14.6 Å². The smallest absolute Gasteiger partial charge is 0.253 e. The predicted molar refractivity (Wildman–Crippen MR) is 84.3 cm³/mol. The molecule has 0 aliphatic carbocycles. The number of nitrogens with zero attached hydrogens (tertiary/aromatic N) is 2. The molecule has 1 heterocycles. The van der Waals surface area contributed by atoms with Crippen molar-refractivity contribution in [2.45, 2.75) is 12.5 Å². The zero-order valence-electron chi connectivity index (χ0n) is 12.7. The fourth-order valence-electron chi connectivity index (χ4n) is 2.10. The van der Waals surface area contributed by atoms with Crippen LogP contribution in [0.1, 0.15) is 15.9 Å². The largest absolute Gasteiger partial charge is 0.347 e. The summed E-state index contributed by atoms with van der Waals surface area (Å²) in [5, 5.41) is 2.79. The van der Waals surface area contributed by atoms with E-state index in [1.807, 2.05) is 30.3 Å². The highest BCUT2D eigenvalue weighted by Gasteiger charge is 2.23. The quantitative estimate of drug-likeness (QED) is 0.910. The first-order chi connectivity index (χ1) is 10.6. The maximum absolute atomic E-state index is 12.3. The SMILES string of the molecule is CN(C)C(=O)[C@@H](Cc1ccccc1)NC(=O)c1cccnc1. The molecule has 0 spiro atoms. The van der Waals surface area contributed by atoms with Gasteiger partial charge in [0.1, 0.15) is 6.04 Å². The van der Waals surface area contributed by atoms with Crippen molar-refractivity contribution >= 4 is 11.8 Å². The first-order valence-electron chi connectivity index (χ1n) is 7.04. The van der Waals surface area contributed by atoms with Gasteiger partial charge in [0.25, 0.3) is 5.91 Å². The first kappa shape index (κ1) is 15.7. The van der Waals surface area contributed by atoms with Gasteiger partial charge in [-0.15, -0.1) is 0 Å². The number of benzene rings is 1. The zero-order chi connectivity index (χ0) is 15.9. The summed E-state index contributed by atoms with van der Waals surface area (Å²) in [4.78, 5) is 30.0. The Bertz CT molecular complexity index is 627. The second kappa shape index (κ2) is 7.36. The third-order valence-corrected chi connectivity index (χ3v) is 3.25. The molecule has 0 bridgehead atoms. The third kappa shape index (κ3) is 4.15. The molecule has 1 aromatic carbocycles. The standard InChI is InChI=1S/C17H19N3O2/c1-20(2)17(22)15(11-13-7-4-3-5-8-13)19-16(21)14-9-6-10-18-12-14/h3-10,12,15H,11H2,1-2H3,(H,19,21)/t15-/m1/s1. The first-order valence-corrected chi connectivity index (χ1v) is 7.04. The summed E-state index contributed by atoms with van der Waals surface area (Å²) in [6.07, 6.45) is 3.53. The molecule has 5 nitrogen and oxygen atoms in total. The van der Waals surface area contributed by atoms with E-state index in [-0.39, 0.29) is 11.8 Å². The van der Waals surface area contributed by atoms with Crippen LogP contribution in [0, 0.1) is 0 Å². The van der Waals surface area contributed by atoms with Crippen LogP contribution in [0.4, 0.5) is 0 Å². The Balaban J connectivity index is 2.14. The number of hydrogen-bond acceptors (Lipinski definition) is 3. The van der Waals surface area contributed by atoms with Crippen LogP contribution in [0.5, 0.6) is 0 Å². The molecule has 1 N–H and O–H groups in total. The van der Waals surface area contributed by atoms with Crippen molar-refractivity contribution in [3.8, 4) is 0 Å². The molecule has 2 rings (SSSR count). The number of carbonyl (C=O) groups is 2. The van der Waals surface area contributed by atoms with E-state index in [0.29, 0.717) is 12.0 Å². The lowest BCUT2D eigenvalue weighted by Crippen LogP contribution is -2.47. The molecule has 5 heteroatoms. The van der Waals surface area contributed by atoms with Gasteiger partial charge >= 0.3 is 0 Å². The maximum atomic E-state index is 12.3. The van der Waals surface area contributed by atoms with Gasteiger partial charge < -0.3 is 10.2 Å². The second-order valence-corrected chi connectivity index (χ2v) is 5.19. The van der Waals surface area contributed by atoms with Gasteiger partial charge in [-0.1, -0.05) is 30.3 Å². The van der Waals surface area contributed by atoms with Crippen LogP contribution in [-0.4, -0.2) is 41.8 Å². The highest BCUT2D eigenvalue weighted by Crippen LogP contribution is 2.06. The van der Waals surface area contributed by atoms with Gasteiger partial charge in [0.2, 0.25) is 5.91 Å². The number of carbonyl (C=O) groups excluding carboxylic acids is 2. The Kier molecular flexibility index (Phi) is 5.25. The summed E-state index contributed by atoms with van der Waals surface area (Å²) in [6, 6.07) is 12.4. The highest BCUT2D eigenvalue weighted by molar-refractivity contribution is 5.97. The van der Waals surface area contributed by atoms with Gasteiger partial charge in [0.15, 0.2) is 0 Å².